The lowest BCUT2D eigenvalue weighted by Crippen LogP contribution is -2.65. The number of nitrogens with zero attached hydrogens (tertiary/aromatic N) is 5. The van der Waals surface area contributed by atoms with Crippen LogP contribution in [0.3, 0.4) is 0 Å². The maximum absolute atomic E-state index is 14.7. The summed E-state index contributed by atoms with van der Waals surface area (Å²) in [7, 11) is 1.67. The van der Waals surface area contributed by atoms with Crippen LogP contribution in [0.5, 0.6) is 0 Å². The van der Waals surface area contributed by atoms with Crippen LogP contribution in [-0.4, -0.2) is 45.5 Å². The van der Waals surface area contributed by atoms with E-state index in [1.807, 2.05) is 26.0 Å². The molecule has 1 aromatic rings. The number of Topliss-reactive ketones (excluding diaryl/α,β-unsaturated/α-hetero) is 1. The number of hydrogen-bond acceptors (Lipinski definition) is 7. The van der Waals surface area contributed by atoms with E-state index in [1.165, 1.54) is 0 Å². The van der Waals surface area contributed by atoms with Crippen LogP contribution in [0.15, 0.2) is 23.3 Å². The first-order valence-electron chi connectivity index (χ1n) is 15.8. The molecule has 8 heteroatoms. The van der Waals surface area contributed by atoms with Crippen LogP contribution in [0.2, 0.25) is 0 Å². The van der Waals surface area contributed by atoms with Crippen molar-refractivity contribution in [2.45, 2.75) is 105 Å². The molecular formula is C34H47N5O3. The summed E-state index contributed by atoms with van der Waals surface area (Å²) in [5.41, 5.74) is -0.471. The Labute approximate surface area is 250 Å². The molecule has 0 radical (unpaired) electrons. The van der Waals surface area contributed by atoms with E-state index in [0.717, 1.165) is 56.3 Å². The number of hydrogen-bond donors (Lipinski definition) is 0. The normalized spacial score (nSPS) is 41.8. The molecule has 0 amide bonds. The average Bonchev–Trinajstić information content (AvgIpc) is 3.40. The molecule has 5 aliphatic carbocycles. The second-order valence-corrected chi connectivity index (χ2v) is 16.1. The van der Waals surface area contributed by atoms with Crippen molar-refractivity contribution in [1.29, 1.82) is 5.26 Å². The van der Waals surface area contributed by atoms with Gasteiger partial charge in [0.15, 0.2) is 17.4 Å². The molecule has 1 heterocycles. The Kier molecular flexibility index (Phi) is 6.42. The molecule has 3 saturated carbocycles. The third kappa shape index (κ3) is 3.71. The van der Waals surface area contributed by atoms with Gasteiger partial charge in [0.25, 0.3) is 0 Å². The number of ether oxygens (including phenoxy) is 1. The molecule has 0 N–H and O–H groups in total. The zero-order valence-corrected chi connectivity index (χ0v) is 26.7. The summed E-state index contributed by atoms with van der Waals surface area (Å²) in [6, 6.07) is 2.21. The summed E-state index contributed by atoms with van der Waals surface area (Å²) in [5, 5.41) is 23.9. The van der Waals surface area contributed by atoms with Crippen molar-refractivity contribution in [2.24, 2.45) is 44.8 Å². The first kappa shape index (κ1) is 29.4. The topological polar surface area (TPSA) is 111 Å². The number of nitriles is 1. The van der Waals surface area contributed by atoms with Crippen LogP contribution < -0.4 is 0 Å². The highest BCUT2D eigenvalue weighted by Gasteiger charge is 2.70. The zero-order valence-electron chi connectivity index (χ0n) is 26.7. The standard InChI is InChI=1S/C34H47N5O3/c1-29(2)11-13-34(28-36-38-39(37-28)15-16-42-8)14-12-33(7)26(22(34)19-29)23(40)17-25-31(5)18-21(20-35)27(41)30(3,4)24(31)9-10-32(25,33)6/h17-18,22,24,26H,9-16,19H2,1-8H3/t22-,24-,26-,31-,32+,33+,34-/m0/s1. The zero-order chi connectivity index (χ0) is 30.5. The van der Waals surface area contributed by atoms with E-state index < -0.39 is 10.8 Å². The first-order valence-corrected chi connectivity index (χ1v) is 15.8. The number of aromatic nitrogens is 4. The Balaban J connectivity index is 1.49. The number of ketones is 2. The fourth-order valence-corrected chi connectivity index (χ4v) is 10.7. The largest absolute Gasteiger partial charge is 0.383 e. The van der Waals surface area contributed by atoms with E-state index in [2.05, 4.69) is 51.0 Å². The van der Waals surface area contributed by atoms with Crippen molar-refractivity contribution in [2.75, 3.05) is 13.7 Å². The molecular weight excluding hydrogens is 526 g/mol. The van der Waals surface area contributed by atoms with E-state index >= 15 is 0 Å². The lowest BCUT2D eigenvalue weighted by atomic mass is 9.34. The first-order chi connectivity index (χ1) is 19.6. The van der Waals surface area contributed by atoms with Crippen LogP contribution in [0.4, 0.5) is 0 Å². The molecule has 0 aromatic carbocycles. The van der Waals surface area contributed by atoms with Crippen LogP contribution in [0, 0.1) is 56.2 Å². The van der Waals surface area contributed by atoms with Gasteiger partial charge in [-0.15, -0.1) is 10.2 Å². The quantitative estimate of drug-likeness (QED) is 0.448. The van der Waals surface area contributed by atoms with E-state index in [9.17, 15) is 14.9 Å². The number of allylic oxidation sites excluding steroid dienone is 4. The van der Waals surface area contributed by atoms with E-state index in [0.29, 0.717) is 13.2 Å². The lowest BCUT2D eigenvalue weighted by Gasteiger charge is -2.69. The predicted molar refractivity (Wildman–Crippen MR) is 158 cm³/mol. The van der Waals surface area contributed by atoms with E-state index in [-0.39, 0.29) is 56.6 Å². The van der Waals surface area contributed by atoms with Crippen molar-refractivity contribution >= 4 is 11.6 Å². The summed E-state index contributed by atoms with van der Waals surface area (Å²) in [4.78, 5) is 29.7. The Morgan fingerprint density at radius 3 is 2.45 bits per heavy atom. The van der Waals surface area contributed by atoms with Crippen molar-refractivity contribution < 1.29 is 14.3 Å². The molecule has 42 heavy (non-hydrogen) atoms. The van der Waals surface area contributed by atoms with Gasteiger partial charge in [-0.2, -0.15) is 10.1 Å². The summed E-state index contributed by atoms with van der Waals surface area (Å²) >= 11 is 0. The van der Waals surface area contributed by atoms with Gasteiger partial charge >= 0.3 is 0 Å². The van der Waals surface area contributed by atoms with Gasteiger partial charge in [0.2, 0.25) is 0 Å². The lowest BCUT2D eigenvalue weighted by molar-refractivity contribution is -0.160. The second kappa shape index (κ2) is 9.17. The summed E-state index contributed by atoms with van der Waals surface area (Å²) in [5.74, 6) is 0.932. The van der Waals surface area contributed by atoms with Gasteiger partial charge in [-0.05, 0) is 84.3 Å². The fourth-order valence-electron chi connectivity index (χ4n) is 10.7. The van der Waals surface area contributed by atoms with Crippen molar-refractivity contribution in [1.82, 2.24) is 20.2 Å². The minimum Gasteiger partial charge on any atom is -0.383 e. The molecule has 226 valence electrons. The van der Waals surface area contributed by atoms with Gasteiger partial charge < -0.3 is 4.74 Å². The van der Waals surface area contributed by atoms with Crippen LogP contribution in [0.25, 0.3) is 0 Å². The third-order valence-electron chi connectivity index (χ3n) is 13.3. The summed E-state index contributed by atoms with van der Waals surface area (Å²) in [6.07, 6.45) is 10.5. The molecule has 7 atom stereocenters. The highest BCUT2D eigenvalue weighted by molar-refractivity contribution is 6.04. The minimum atomic E-state index is -0.660. The second-order valence-electron chi connectivity index (χ2n) is 16.1. The van der Waals surface area contributed by atoms with Gasteiger partial charge in [-0.1, -0.05) is 60.1 Å². The van der Waals surface area contributed by atoms with Gasteiger partial charge in [-0.25, -0.2) is 0 Å². The van der Waals surface area contributed by atoms with Gasteiger partial charge in [-0.3, -0.25) is 9.59 Å². The minimum absolute atomic E-state index is 0.0458. The molecule has 3 fully saturated rings. The Morgan fingerprint density at radius 2 is 1.76 bits per heavy atom. The third-order valence-corrected chi connectivity index (χ3v) is 13.3. The number of fused-ring (bicyclic) bond motifs is 7. The predicted octanol–water partition coefficient (Wildman–Crippen LogP) is 5.79. The van der Waals surface area contributed by atoms with E-state index in [4.69, 9.17) is 9.84 Å². The summed E-state index contributed by atoms with van der Waals surface area (Å²) in [6.45, 7) is 16.7. The number of methoxy groups -OCH3 is 1. The van der Waals surface area contributed by atoms with Crippen LogP contribution in [0.1, 0.15) is 99.2 Å². The fraction of sp³-hybridized carbons (Fsp3) is 0.765. The van der Waals surface area contributed by atoms with Crippen molar-refractivity contribution in [3.05, 3.63) is 29.1 Å². The Hall–Kier alpha value is -2.66. The van der Waals surface area contributed by atoms with Crippen molar-refractivity contribution in [3.8, 4) is 6.07 Å². The van der Waals surface area contributed by atoms with Gasteiger partial charge in [0.05, 0.1) is 18.7 Å². The number of rotatable bonds is 4. The maximum atomic E-state index is 14.7. The van der Waals surface area contributed by atoms with Crippen molar-refractivity contribution in [3.63, 3.8) is 0 Å². The molecule has 5 aliphatic rings. The monoisotopic (exact) mass is 573 g/mol. The highest BCUT2D eigenvalue weighted by atomic mass is 16.5. The van der Waals surface area contributed by atoms with E-state index in [1.54, 1.807) is 11.9 Å². The number of carbonyl (C=O) groups is 2. The molecule has 8 nitrogen and oxygen atoms in total. The average molecular weight is 574 g/mol. The Morgan fingerprint density at radius 1 is 1.05 bits per heavy atom. The summed E-state index contributed by atoms with van der Waals surface area (Å²) < 4.78 is 5.25. The smallest absolute Gasteiger partial charge is 0.181 e. The maximum Gasteiger partial charge on any atom is 0.181 e. The SMILES string of the molecule is COCCn1nnc([C@]23CCC(C)(C)C[C@H]2[C@H]2C(=O)C=C4[C@@]5(C)C=C(C#N)C(=O)C(C)(C)[C@@H]5CC[C@@]4(C)[C@]2(C)CC3)n1. The Bertz CT molecular complexity index is 1450. The highest BCUT2D eigenvalue weighted by Crippen LogP contribution is 2.74. The van der Waals surface area contributed by atoms with Crippen LogP contribution in [-0.2, 0) is 26.3 Å². The molecule has 0 spiro atoms. The number of tetrazole rings is 1. The molecule has 1 aromatic heterocycles. The van der Waals surface area contributed by atoms with Gasteiger partial charge in [0, 0.05) is 29.3 Å². The molecule has 6 rings (SSSR count). The number of carbonyl (C=O) groups excluding carboxylic acids is 2. The van der Waals surface area contributed by atoms with Gasteiger partial charge in [0.1, 0.15) is 6.07 Å². The molecule has 0 aliphatic heterocycles. The molecule has 0 unspecified atom stereocenters. The van der Waals surface area contributed by atoms with Crippen LogP contribution >= 0.6 is 0 Å². The molecule has 0 saturated heterocycles. The molecule has 0 bridgehead atoms.